The largest absolute Gasteiger partial charge is 0.397 e. The summed E-state index contributed by atoms with van der Waals surface area (Å²) in [5.74, 6) is -0.176. The highest BCUT2D eigenvalue weighted by Crippen LogP contribution is 2.24. The Morgan fingerprint density at radius 2 is 1.70 bits per heavy atom. The molecule has 104 valence electrons. The fraction of sp³-hybridized carbons (Fsp3) is 0.0714. The monoisotopic (exact) mass is 328 g/mol. The van der Waals surface area contributed by atoms with Crippen LogP contribution in [0.15, 0.2) is 36.4 Å². The summed E-state index contributed by atoms with van der Waals surface area (Å²) in [6.07, 6.45) is 0.194. The van der Waals surface area contributed by atoms with Gasteiger partial charge in [0.05, 0.1) is 27.2 Å². The molecule has 2 rings (SSSR count). The van der Waals surface area contributed by atoms with Gasteiger partial charge < -0.3 is 11.1 Å². The van der Waals surface area contributed by atoms with E-state index in [1.165, 1.54) is 0 Å². The molecule has 0 aromatic heterocycles. The molecule has 0 aliphatic heterocycles. The number of halogens is 3. The Hall–Kier alpha value is -1.42. The third-order valence-electron chi connectivity index (χ3n) is 2.63. The Morgan fingerprint density at radius 1 is 1.00 bits per heavy atom. The predicted molar refractivity (Wildman–Crippen MR) is 84.7 cm³/mol. The summed E-state index contributed by atoms with van der Waals surface area (Å²) in [5, 5.41) is 4.07. The highest BCUT2D eigenvalue weighted by Gasteiger charge is 2.07. The normalized spacial score (nSPS) is 10.3. The minimum atomic E-state index is -0.176. The molecule has 0 fully saturated rings. The van der Waals surface area contributed by atoms with Crippen molar-refractivity contribution in [3.63, 3.8) is 0 Å². The molecule has 0 atom stereocenters. The van der Waals surface area contributed by atoms with Crippen molar-refractivity contribution in [1.82, 2.24) is 0 Å². The van der Waals surface area contributed by atoms with E-state index in [0.717, 1.165) is 5.56 Å². The Labute approximate surface area is 131 Å². The number of carbonyl (C=O) groups excluding carboxylic acids is 1. The van der Waals surface area contributed by atoms with Gasteiger partial charge in [0, 0.05) is 5.69 Å². The summed E-state index contributed by atoms with van der Waals surface area (Å²) in [6.45, 7) is 0. The number of hydrogen-bond donors (Lipinski definition) is 2. The van der Waals surface area contributed by atoms with Crippen molar-refractivity contribution in [2.24, 2.45) is 0 Å². The summed E-state index contributed by atoms with van der Waals surface area (Å²) >= 11 is 17.5. The average Bonchev–Trinajstić information content (AvgIpc) is 2.38. The first kappa shape index (κ1) is 15.0. The topological polar surface area (TPSA) is 55.1 Å². The zero-order chi connectivity index (χ0) is 14.7. The van der Waals surface area contributed by atoms with Crippen LogP contribution in [0.4, 0.5) is 11.4 Å². The Morgan fingerprint density at radius 3 is 2.35 bits per heavy atom. The maximum Gasteiger partial charge on any atom is 0.228 e. The van der Waals surface area contributed by atoms with E-state index >= 15 is 0 Å². The number of benzene rings is 2. The molecule has 3 nitrogen and oxygen atoms in total. The number of nitrogens with one attached hydrogen (secondary N) is 1. The van der Waals surface area contributed by atoms with E-state index in [-0.39, 0.29) is 12.3 Å². The lowest BCUT2D eigenvalue weighted by molar-refractivity contribution is -0.115. The van der Waals surface area contributed by atoms with Crippen LogP contribution in [0.5, 0.6) is 0 Å². The maximum atomic E-state index is 11.9. The van der Waals surface area contributed by atoms with Crippen LogP contribution in [0.25, 0.3) is 0 Å². The number of hydrogen-bond acceptors (Lipinski definition) is 2. The lowest BCUT2D eigenvalue weighted by atomic mass is 10.1. The van der Waals surface area contributed by atoms with E-state index in [9.17, 15) is 4.79 Å². The minimum absolute atomic E-state index is 0.176. The van der Waals surface area contributed by atoms with Gasteiger partial charge in [-0.1, -0.05) is 40.9 Å². The van der Waals surface area contributed by atoms with E-state index in [1.54, 1.807) is 36.4 Å². The molecule has 3 N–H and O–H groups in total. The molecule has 0 saturated carbocycles. The molecule has 0 aliphatic rings. The first-order chi connectivity index (χ1) is 9.45. The summed E-state index contributed by atoms with van der Waals surface area (Å²) in [6, 6.07) is 10.0. The second-order valence-corrected chi connectivity index (χ2v) is 5.43. The first-order valence-electron chi connectivity index (χ1n) is 5.74. The minimum Gasteiger partial charge on any atom is -0.397 e. The summed E-state index contributed by atoms with van der Waals surface area (Å²) in [5.41, 5.74) is 7.46. The van der Waals surface area contributed by atoms with Gasteiger partial charge in [-0.2, -0.15) is 0 Å². The van der Waals surface area contributed by atoms with E-state index in [4.69, 9.17) is 40.5 Å². The van der Waals surface area contributed by atoms with Crippen molar-refractivity contribution < 1.29 is 4.79 Å². The van der Waals surface area contributed by atoms with Gasteiger partial charge in [-0.05, 0) is 35.9 Å². The van der Waals surface area contributed by atoms with Crippen molar-refractivity contribution in [2.45, 2.75) is 6.42 Å². The predicted octanol–water partition coefficient (Wildman–Crippen LogP) is 4.41. The molecule has 0 radical (unpaired) electrons. The van der Waals surface area contributed by atoms with Crippen molar-refractivity contribution in [3.8, 4) is 0 Å². The molecule has 0 heterocycles. The molecule has 0 bridgehead atoms. The molecule has 2 aromatic rings. The maximum absolute atomic E-state index is 11.9. The van der Waals surface area contributed by atoms with Crippen LogP contribution in [-0.2, 0) is 11.2 Å². The molecule has 0 spiro atoms. The summed E-state index contributed by atoms with van der Waals surface area (Å²) in [4.78, 5) is 11.9. The van der Waals surface area contributed by atoms with Crippen LogP contribution in [0.2, 0.25) is 15.1 Å². The number of nitrogens with two attached hydrogens (primary N) is 1. The molecular formula is C14H11Cl3N2O. The number of carbonyl (C=O) groups is 1. The molecular weight excluding hydrogens is 319 g/mol. The van der Waals surface area contributed by atoms with Crippen LogP contribution in [0.1, 0.15) is 5.56 Å². The summed E-state index contributed by atoms with van der Waals surface area (Å²) in [7, 11) is 0. The number of amides is 1. The lowest BCUT2D eigenvalue weighted by Gasteiger charge is -2.07. The van der Waals surface area contributed by atoms with Gasteiger partial charge in [0.15, 0.2) is 0 Å². The summed E-state index contributed by atoms with van der Waals surface area (Å²) < 4.78 is 0. The Balaban J connectivity index is 2.04. The highest BCUT2D eigenvalue weighted by atomic mass is 35.5. The quantitative estimate of drug-likeness (QED) is 0.819. The van der Waals surface area contributed by atoms with Gasteiger partial charge in [-0.15, -0.1) is 0 Å². The van der Waals surface area contributed by atoms with Crippen LogP contribution in [0, 0.1) is 0 Å². The van der Waals surface area contributed by atoms with Gasteiger partial charge in [-0.3, -0.25) is 4.79 Å². The zero-order valence-electron chi connectivity index (χ0n) is 10.3. The van der Waals surface area contributed by atoms with E-state index in [1.807, 2.05) is 0 Å². The average molecular weight is 330 g/mol. The van der Waals surface area contributed by atoms with Gasteiger partial charge in [0.25, 0.3) is 0 Å². The van der Waals surface area contributed by atoms with Gasteiger partial charge in [0.2, 0.25) is 5.91 Å². The number of rotatable bonds is 3. The molecule has 2 aromatic carbocycles. The molecule has 0 unspecified atom stereocenters. The van der Waals surface area contributed by atoms with Crippen molar-refractivity contribution >= 4 is 52.1 Å². The second-order valence-electron chi connectivity index (χ2n) is 4.21. The molecule has 20 heavy (non-hydrogen) atoms. The Bertz CT molecular complexity index is 603. The smallest absolute Gasteiger partial charge is 0.228 e. The van der Waals surface area contributed by atoms with Gasteiger partial charge in [-0.25, -0.2) is 0 Å². The fourth-order valence-corrected chi connectivity index (χ4v) is 2.10. The SMILES string of the molecule is Nc1cc(NC(=O)Cc2ccc(Cl)c(Cl)c2)ccc1Cl. The fourth-order valence-electron chi connectivity index (χ4n) is 1.66. The van der Waals surface area contributed by atoms with E-state index in [0.29, 0.717) is 26.4 Å². The zero-order valence-corrected chi connectivity index (χ0v) is 12.6. The van der Waals surface area contributed by atoms with Crippen LogP contribution >= 0.6 is 34.8 Å². The standard InChI is InChI=1S/C14H11Cl3N2O/c15-10-3-1-8(5-12(10)17)6-14(20)19-9-2-4-11(16)13(18)7-9/h1-5,7H,6,18H2,(H,19,20). The highest BCUT2D eigenvalue weighted by molar-refractivity contribution is 6.42. The lowest BCUT2D eigenvalue weighted by Crippen LogP contribution is -2.14. The molecule has 0 aliphatic carbocycles. The van der Waals surface area contributed by atoms with Gasteiger partial charge in [0.1, 0.15) is 0 Å². The van der Waals surface area contributed by atoms with Crippen molar-refractivity contribution in [2.75, 3.05) is 11.1 Å². The van der Waals surface area contributed by atoms with E-state index in [2.05, 4.69) is 5.32 Å². The first-order valence-corrected chi connectivity index (χ1v) is 6.88. The van der Waals surface area contributed by atoms with Crippen molar-refractivity contribution in [3.05, 3.63) is 57.0 Å². The molecule has 6 heteroatoms. The van der Waals surface area contributed by atoms with Crippen LogP contribution < -0.4 is 11.1 Å². The number of anilines is 2. The molecule has 1 amide bonds. The third kappa shape index (κ3) is 3.79. The Kier molecular flexibility index (Phi) is 4.76. The van der Waals surface area contributed by atoms with Gasteiger partial charge >= 0.3 is 0 Å². The third-order valence-corrected chi connectivity index (χ3v) is 3.71. The number of nitrogen functional groups attached to an aromatic ring is 1. The van der Waals surface area contributed by atoms with Crippen LogP contribution in [0.3, 0.4) is 0 Å². The van der Waals surface area contributed by atoms with Crippen LogP contribution in [-0.4, -0.2) is 5.91 Å². The second kappa shape index (κ2) is 6.35. The van der Waals surface area contributed by atoms with E-state index < -0.39 is 0 Å². The molecule has 0 saturated heterocycles. The van der Waals surface area contributed by atoms with Crippen molar-refractivity contribution in [1.29, 1.82) is 0 Å².